The molecule has 0 saturated carbocycles. The highest BCUT2D eigenvalue weighted by Crippen LogP contribution is 2.44. The van der Waals surface area contributed by atoms with Crippen LogP contribution in [-0.4, -0.2) is 53.7 Å². The molecule has 1 saturated heterocycles. The van der Waals surface area contributed by atoms with Gasteiger partial charge in [0, 0.05) is 37.9 Å². The number of nitrogens with one attached hydrogen (secondary N) is 1. The molecule has 2 aromatic carbocycles. The number of hydrogen-bond donors (Lipinski definition) is 2. The van der Waals surface area contributed by atoms with Gasteiger partial charge < -0.3 is 20.1 Å². The Hall–Kier alpha value is -3.35. The van der Waals surface area contributed by atoms with Gasteiger partial charge in [-0.15, -0.1) is 0 Å². The molecule has 0 spiro atoms. The first-order valence-corrected chi connectivity index (χ1v) is 12.6. The zero-order valence-corrected chi connectivity index (χ0v) is 20.2. The predicted octanol–water partition coefficient (Wildman–Crippen LogP) is 4.80. The van der Waals surface area contributed by atoms with E-state index in [9.17, 15) is 14.4 Å². The Morgan fingerprint density at radius 1 is 1.06 bits per heavy atom. The Morgan fingerprint density at radius 2 is 1.69 bits per heavy atom. The molecule has 1 aliphatic heterocycles. The number of hydrogen-bond acceptors (Lipinski definition) is 4. The standard InChI is InChI=1S/C28H34N2O5/c1-2-8-20(15-26(31)30-16-19(17-30)9-7-14-27(32)33)29-28(34)35-18-25-23-12-5-3-10-21(23)22-11-4-6-13-24(22)25/h3-6,10-13,19-20,25H,2,7-9,14-18H2,1H3,(H,29,34)(H,32,33)/t20-/m0/s1. The molecule has 2 aromatic rings. The molecule has 1 atom stereocenters. The third kappa shape index (κ3) is 6.02. The van der Waals surface area contributed by atoms with Crippen LogP contribution >= 0.6 is 0 Å². The van der Waals surface area contributed by atoms with E-state index in [1.165, 1.54) is 11.1 Å². The molecule has 7 nitrogen and oxygen atoms in total. The summed E-state index contributed by atoms with van der Waals surface area (Å²) in [4.78, 5) is 37.8. The van der Waals surface area contributed by atoms with Crippen molar-refractivity contribution in [3.05, 3.63) is 59.7 Å². The maximum absolute atomic E-state index is 12.7. The van der Waals surface area contributed by atoms with Gasteiger partial charge in [-0.3, -0.25) is 9.59 Å². The summed E-state index contributed by atoms with van der Waals surface area (Å²) in [7, 11) is 0. The highest BCUT2D eigenvalue weighted by Gasteiger charge is 2.32. The molecule has 7 heteroatoms. The maximum Gasteiger partial charge on any atom is 0.407 e. The summed E-state index contributed by atoms with van der Waals surface area (Å²) in [5, 5.41) is 11.7. The number of ether oxygens (including phenoxy) is 1. The topological polar surface area (TPSA) is 95.9 Å². The zero-order chi connectivity index (χ0) is 24.8. The Labute approximate surface area is 206 Å². The predicted molar refractivity (Wildman–Crippen MR) is 133 cm³/mol. The van der Waals surface area contributed by atoms with Crippen LogP contribution in [0.15, 0.2) is 48.5 Å². The van der Waals surface area contributed by atoms with Gasteiger partial charge in [0.15, 0.2) is 0 Å². The third-order valence-corrected chi connectivity index (χ3v) is 7.04. The lowest BCUT2D eigenvalue weighted by Gasteiger charge is -2.40. The van der Waals surface area contributed by atoms with Crippen molar-refractivity contribution < 1.29 is 24.2 Å². The van der Waals surface area contributed by atoms with Crippen LogP contribution in [0.4, 0.5) is 4.79 Å². The lowest BCUT2D eigenvalue weighted by molar-refractivity contribution is -0.140. The molecule has 2 aliphatic rings. The number of nitrogens with zero attached hydrogens (tertiary/aromatic N) is 1. The summed E-state index contributed by atoms with van der Waals surface area (Å²) in [5.74, 6) is -0.382. The fraction of sp³-hybridized carbons (Fsp3) is 0.464. The Kier molecular flexibility index (Phi) is 8.06. The third-order valence-electron chi connectivity index (χ3n) is 7.04. The molecule has 2 N–H and O–H groups in total. The molecule has 186 valence electrons. The molecule has 2 amide bonds. The molecule has 1 aliphatic carbocycles. The Morgan fingerprint density at radius 3 is 2.29 bits per heavy atom. The average molecular weight is 479 g/mol. The highest BCUT2D eigenvalue weighted by molar-refractivity contribution is 5.80. The monoisotopic (exact) mass is 478 g/mol. The van der Waals surface area contributed by atoms with Crippen molar-refractivity contribution in [3.8, 4) is 11.1 Å². The number of rotatable bonds is 11. The van der Waals surface area contributed by atoms with E-state index in [1.807, 2.05) is 31.2 Å². The number of carboxylic acid groups (broad SMARTS) is 1. The molecule has 0 unspecified atom stereocenters. The number of carbonyl (C=O) groups excluding carboxylic acids is 2. The van der Waals surface area contributed by atoms with Gasteiger partial charge in [0.05, 0.1) is 0 Å². The normalized spacial score (nSPS) is 15.6. The van der Waals surface area contributed by atoms with E-state index in [-0.39, 0.29) is 37.3 Å². The number of carboxylic acids is 1. The first kappa shape index (κ1) is 24.8. The number of amides is 2. The summed E-state index contributed by atoms with van der Waals surface area (Å²) in [6.07, 6.45) is 2.95. The molecular weight excluding hydrogens is 444 g/mol. The van der Waals surface area contributed by atoms with Crippen LogP contribution in [0.5, 0.6) is 0 Å². The minimum absolute atomic E-state index is 0.00134. The van der Waals surface area contributed by atoms with Crippen LogP contribution in [0, 0.1) is 5.92 Å². The molecule has 35 heavy (non-hydrogen) atoms. The summed E-state index contributed by atoms with van der Waals surface area (Å²) in [6.45, 7) is 3.61. The number of benzene rings is 2. The summed E-state index contributed by atoms with van der Waals surface area (Å²) >= 11 is 0. The van der Waals surface area contributed by atoms with Crippen molar-refractivity contribution in [2.24, 2.45) is 5.92 Å². The van der Waals surface area contributed by atoms with Gasteiger partial charge in [0.1, 0.15) is 6.61 Å². The minimum atomic E-state index is -0.779. The molecule has 4 rings (SSSR count). The lowest BCUT2D eigenvalue weighted by atomic mass is 9.93. The van der Waals surface area contributed by atoms with Crippen LogP contribution in [0.25, 0.3) is 11.1 Å². The largest absolute Gasteiger partial charge is 0.481 e. The van der Waals surface area contributed by atoms with E-state index >= 15 is 0 Å². The van der Waals surface area contributed by atoms with E-state index in [0.29, 0.717) is 31.8 Å². The highest BCUT2D eigenvalue weighted by atomic mass is 16.5. The van der Waals surface area contributed by atoms with Gasteiger partial charge >= 0.3 is 12.1 Å². The van der Waals surface area contributed by atoms with Crippen molar-refractivity contribution >= 4 is 18.0 Å². The number of alkyl carbamates (subject to hydrolysis) is 1. The Bertz CT molecular complexity index is 1020. The number of likely N-dealkylation sites (tertiary alicyclic amines) is 1. The van der Waals surface area contributed by atoms with Crippen LogP contribution < -0.4 is 5.32 Å². The van der Waals surface area contributed by atoms with Crippen LogP contribution in [0.1, 0.15) is 62.5 Å². The summed E-state index contributed by atoms with van der Waals surface area (Å²) < 4.78 is 5.66. The Balaban J connectivity index is 1.26. The van der Waals surface area contributed by atoms with Gasteiger partial charge in [0.25, 0.3) is 0 Å². The minimum Gasteiger partial charge on any atom is -0.481 e. The quantitative estimate of drug-likeness (QED) is 0.484. The van der Waals surface area contributed by atoms with Gasteiger partial charge in [0.2, 0.25) is 5.91 Å². The summed E-state index contributed by atoms with van der Waals surface area (Å²) in [5.41, 5.74) is 4.69. The van der Waals surface area contributed by atoms with Crippen molar-refractivity contribution in [2.45, 2.75) is 57.4 Å². The van der Waals surface area contributed by atoms with E-state index in [0.717, 1.165) is 24.0 Å². The second kappa shape index (κ2) is 11.4. The first-order valence-electron chi connectivity index (χ1n) is 12.6. The molecule has 0 aromatic heterocycles. The second-order valence-corrected chi connectivity index (χ2v) is 9.61. The smallest absolute Gasteiger partial charge is 0.407 e. The van der Waals surface area contributed by atoms with E-state index < -0.39 is 12.1 Å². The fourth-order valence-electron chi connectivity index (χ4n) is 5.22. The van der Waals surface area contributed by atoms with Crippen molar-refractivity contribution in [2.75, 3.05) is 19.7 Å². The van der Waals surface area contributed by atoms with E-state index in [2.05, 4.69) is 29.6 Å². The van der Waals surface area contributed by atoms with Gasteiger partial charge in [-0.2, -0.15) is 0 Å². The van der Waals surface area contributed by atoms with Crippen LogP contribution in [0.2, 0.25) is 0 Å². The fourth-order valence-corrected chi connectivity index (χ4v) is 5.22. The second-order valence-electron chi connectivity index (χ2n) is 9.61. The van der Waals surface area contributed by atoms with Crippen molar-refractivity contribution in [1.82, 2.24) is 10.2 Å². The number of carbonyl (C=O) groups is 3. The SMILES string of the molecule is CCC[C@@H](CC(=O)N1CC(CCCC(=O)O)C1)NC(=O)OCC1c2ccccc2-c2ccccc21. The van der Waals surface area contributed by atoms with E-state index in [1.54, 1.807) is 4.90 Å². The van der Waals surface area contributed by atoms with Crippen molar-refractivity contribution in [3.63, 3.8) is 0 Å². The summed E-state index contributed by atoms with van der Waals surface area (Å²) in [6, 6.07) is 16.2. The van der Waals surface area contributed by atoms with E-state index in [4.69, 9.17) is 9.84 Å². The molecule has 1 fully saturated rings. The average Bonchev–Trinajstić information content (AvgIpc) is 3.13. The molecular formula is C28H34N2O5. The number of aliphatic carboxylic acids is 1. The van der Waals surface area contributed by atoms with Gasteiger partial charge in [-0.05, 0) is 47.4 Å². The zero-order valence-electron chi connectivity index (χ0n) is 20.2. The molecule has 0 radical (unpaired) electrons. The first-order chi connectivity index (χ1) is 17.0. The van der Waals surface area contributed by atoms with Crippen molar-refractivity contribution in [1.29, 1.82) is 0 Å². The number of fused-ring (bicyclic) bond motifs is 3. The van der Waals surface area contributed by atoms with Gasteiger partial charge in [-0.25, -0.2) is 4.79 Å². The van der Waals surface area contributed by atoms with Crippen LogP contribution in [0.3, 0.4) is 0 Å². The van der Waals surface area contributed by atoms with Gasteiger partial charge in [-0.1, -0.05) is 61.9 Å². The maximum atomic E-state index is 12.7. The molecule has 1 heterocycles. The lowest BCUT2D eigenvalue weighted by Crippen LogP contribution is -2.51. The molecule has 0 bridgehead atoms. The van der Waals surface area contributed by atoms with Crippen LogP contribution in [-0.2, 0) is 14.3 Å².